The Hall–Kier alpha value is -2.38. The number of nitrogens with one attached hydrogen (secondary N) is 1. The Bertz CT molecular complexity index is 946. The number of hydrogen-bond donors (Lipinski definition) is 1. The molecule has 30 heavy (non-hydrogen) atoms. The highest BCUT2D eigenvalue weighted by molar-refractivity contribution is 7.89. The molecule has 0 aliphatic carbocycles. The first kappa shape index (κ1) is 22.3. The maximum atomic E-state index is 12.9. The molecule has 1 N–H and O–H groups in total. The van der Waals surface area contributed by atoms with Crippen molar-refractivity contribution in [2.75, 3.05) is 25.0 Å². The van der Waals surface area contributed by atoms with E-state index in [0.29, 0.717) is 49.0 Å². The molecule has 1 heterocycles. The van der Waals surface area contributed by atoms with Crippen molar-refractivity contribution in [2.45, 2.75) is 44.4 Å². The third-order valence-electron chi connectivity index (χ3n) is 5.44. The molecule has 0 atom stereocenters. The van der Waals surface area contributed by atoms with E-state index in [0.717, 1.165) is 11.3 Å². The smallest absolute Gasteiger partial charge is 0.243 e. The van der Waals surface area contributed by atoms with Gasteiger partial charge in [0.25, 0.3) is 0 Å². The van der Waals surface area contributed by atoms with Crippen LogP contribution in [0.5, 0.6) is 5.75 Å². The van der Waals surface area contributed by atoms with Gasteiger partial charge in [-0.15, -0.1) is 0 Å². The highest BCUT2D eigenvalue weighted by atomic mass is 32.2. The molecule has 1 aliphatic rings. The van der Waals surface area contributed by atoms with Crippen LogP contribution in [-0.4, -0.2) is 38.3 Å². The fraction of sp³-hybridized carbons (Fsp3) is 0.435. The lowest BCUT2D eigenvalue weighted by atomic mass is 9.97. The summed E-state index contributed by atoms with van der Waals surface area (Å²) in [6, 6.07) is 14.3. The van der Waals surface area contributed by atoms with Gasteiger partial charge in [-0.3, -0.25) is 4.79 Å². The SMILES string of the molecule is CCOc1ccc(NC(=O)C2CCN(S(=O)(=O)c3ccc(C(C)C)cc3)CC2)cc1. The van der Waals surface area contributed by atoms with Gasteiger partial charge in [0.05, 0.1) is 11.5 Å². The van der Waals surface area contributed by atoms with E-state index < -0.39 is 10.0 Å². The quantitative estimate of drug-likeness (QED) is 0.713. The van der Waals surface area contributed by atoms with Crippen LogP contribution in [0.15, 0.2) is 53.4 Å². The van der Waals surface area contributed by atoms with Crippen molar-refractivity contribution in [3.05, 3.63) is 54.1 Å². The molecular weight excluding hydrogens is 400 g/mol. The number of amides is 1. The first-order chi connectivity index (χ1) is 14.3. The van der Waals surface area contributed by atoms with Crippen molar-refractivity contribution >= 4 is 21.6 Å². The molecular formula is C23H30N2O4S. The van der Waals surface area contributed by atoms with Crippen LogP contribution in [0.25, 0.3) is 0 Å². The zero-order chi connectivity index (χ0) is 21.7. The van der Waals surface area contributed by atoms with E-state index in [9.17, 15) is 13.2 Å². The lowest BCUT2D eigenvalue weighted by Crippen LogP contribution is -2.41. The van der Waals surface area contributed by atoms with Crippen LogP contribution in [0.4, 0.5) is 5.69 Å². The summed E-state index contributed by atoms with van der Waals surface area (Å²) in [5.74, 6) is 0.839. The summed E-state index contributed by atoms with van der Waals surface area (Å²) in [6.45, 7) is 7.35. The van der Waals surface area contributed by atoms with E-state index in [2.05, 4.69) is 19.2 Å². The van der Waals surface area contributed by atoms with Gasteiger partial charge in [0.15, 0.2) is 0 Å². The van der Waals surface area contributed by atoms with Crippen molar-refractivity contribution in [1.82, 2.24) is 4.31 Å². The largest absolute Gasteiger partial charge is 0.494 e. The maximum absolute atomic E-state index is 12.9. The lowest BCUT2D eigenvalue weighted by molar-refractivity contribution is -0.120. The minimum absolute atomic E-state index is 0.0718. The summed E-state index contributed by atoms with van der Waals surface area (Å²) in [5, 5.41) is 2.92. The summed E-state index contributed by atoms with van der Waals surface area (Å²) in [6.07, 6.45) is 1.01. The molecule has 3 rings (SSSR count). The number of carbonyl (C=O) groups excluding carboxylic acids is 1. The topological polar surface area (TPSA) is 75.7 Å². The summed E-state index contributed by atoms with van der Waals surface area (Å²) in [7, 11) is -3.54. The molecule has 0 radical (unpaired) electrons. The molecule has 7 heteroatoms. The van der Waals surface area contributed by atoms with Gasteiger partial charge in [0.1, 0.15) is 5.75 Å². The molecule has 0 aromatic heterocycles. The number of rotatable bonds is 7. The van der Waals surface area contributed by atoms with Crippen LogP contribution in [0.3, 0.4) is 0 Å². The second kappa shape index (κ2) is 9.62. The van der Waals surface area contributed by atoms with Crippen LogP contribution >= 0.6 is 0 Å². The predicted octanol–water partition coefficient (Wildman–Crippen LogP) is 4.25. The molecule has 1 saturated heterocycles. The zero-order valence-corrected chi connectivity index (χ0v) is 18.6. The number of piperidine rings is 1. The first-order valence-electron chi connectivity index (χ1n) is 10.4. The van der Waals surface area contributed by atoms with Gasteiger partial charge in [-0.25, -0.2) is 8.42 Å². The van der Waals surface area contributed by atoms with Crippen LogP contribution in [0, 0.1) is 5.92 Å². The monoisotopic (exact) mass is 430 g/mol. The summed E-state index contributed by atoms with van der Waals surface area (Å²) < 4.78 is 32.8. The highest BCUT2D eigenvalue weighted by Crippen LogP contribution is 2.26. The number of sulfonamides is 1. The minimum atomic E-state index is -3.54. The Kier molecular flexibility index (Phi) is 7.15. The van der Waals surface area contributed by atoms with Crippen LogP contribution in [-0.2, 0) is 14.8 Å². The van der Waals surface area contributed by atoms with Gasteiger partial charge >= 0.3 is 0 Å². The van der Waals surface area contributed by atoms with E-state index in [1.54, 1.807) is 12.1 Å². The average Bonchev–Trinajstić information content (AvgIpc) is 2.75. The summed E-state index contributed by atoms with van der Waals surface area (Å²) in [4.78, 5) is 12.9. The Morgan fingerprint density at radius 2 is 1.67 bits per heavy atom. The van der Waals surface area contributed by atoms with Gasteiger partial charge < -0.3 is 10.1 Å². The van der Waals surface area contributed by atoms with Gasteiger partial charge in [-0.1, -0.05) is 26.0 Å². The molecule has 0 bridgehead atoms. The van der Waals surface area contributed by atoms with Crippen LogP contribution in [0.1, 0.15) is 45.1 Å². The van der Waals surface area contributed by atoms with Crippen molar-refractivity contribution in [3.63, 3.8) is 0 Å². The Balaban J connectivity index is 1.57. The fourth-order valence-corrected chi connectivity index (χ4v) is 5.05. The normalized spacial score (nSPS) is 15.9. The number of ether oxygens (including phenoxy) is 1. The van der Waals surface area contributed by atoms with E-state index in [-0.39, 0.29) is 11.8 Å². The number of anilines is 1. The van der Waals surface area contributed by atoms with Crippen LogP contribution < -0.4 is 10.1 Å². The van der Waals surface area contributed by atoms with E-state index >= 15 is 0 Å². The molecule has 1 fully saturated rings. The van der Waals surface area contributed by atoms with E-state index in [1.165, 1.54) is 4.31 Å². The zero-order valence-electron chi connectivity index (χ0n) is 17.8. The number of carbonyl (C=O) groups is 1. The maximum Gasteiger partial charge on any atom is 0.243 e. The molecule has 1 aliphatic heterocycles. The molecule has 1 amide bonds. The Morgan fingerprint density at radius 3 is 2.20 bits per heavy atom. The molecule has 0 spiro atoms. The van der Waals surface area contributed by atoms with Crippen LogP contribution in [0.2, 0.25) is 0 Å². The number of nitrogens with zero attached hydrogens (tertiary/aromatic N) is 1. The van der Waals surface area contributed by atoms with Gasteiger partial charge in [-0.2, -0.15) is 4.31 Å². The van der Waals surface area contributed by atoms with Crippen molar-refractivity contribution in [3.8, 4) is 5.75 Å². The molecule has 2 aromatic carbocycles. The number of hydrogen-bond acceptors (Lipinski definition) is 4. The van der Waals surface area contributed by atoms with Crippen molar-refractivity contribution < 1.29 is 17.9 Å². The summed E-state index contributed by atoms with van der Waals surface area (Å²) >= 11 is 0. The second-order valence-electron chi connectivity index (χ2n) is 7.85. The third-order valence-corrected chi connectivity index (χ3v) is 7.35. The second-order valence-corrected chi connectivity index (χ2v) is 9.79. The molecule has 162 valence electrons. The van der Waals surface area contributed by atoms with E-state index in [1.807, 2.05) is 43.3 Å². The first-order valence-corrected chi connectivity index (χ1v) is 11.9. The standard InChI is InChI=1S/C23H30N2O4S/c1-4-29-21-9-7-20(8-10-21)24-23(26)19-13-15-25(16-14-19)30(27,28)22-11-5-18(6-12-22)17(2)3/h5-12,17,19H,4,13-16H2,1-3H3,(H,24,26). The Morgan fingerprint density at radius 1 is 1.07 bits per heavy atom. The lowest BCUT2D eigenvalue weighted by Gasteiger charge is -2.30. The third kappa shape index (κ3) is 5.21. The predicted molar refractivity (Wildman–Crippen MR) is 118 cm³/mol. The van der Waals surface area contributed by atoms with Crippen molar-refractivity contribution in [1.29, 1.82) is 0 Å². The highest BCUT2D eigenvalue weighted by Gasteiger charge is 2.32. The van der Waals surface area contributed by atoms with Gasteiger partial charge in [-0.05, 0) is 67.6 Å². The molecule has 0 saturated carbocycles. The molecule has 2 aromatic rings. The van der Waals surface area contributed by atoms with E-state index in [4.69, 9.17) is 4.74 Å². The van der Waals surface area contributed by atoms with Crippen molar-refractivity contribution in [2.24, 2.45) is 5.92 Å². The minimum Gasteiger partial charge on any atom is -0.494 e. The average molecular weight is 431 g/mol. The molecule has 6 nitrogen and oxygen atoms in total. The fourth-order valence-electron chi connectivity index (χ4n) is 3.58. The van der Waals surface area contributed by atoms with Gasteiger partial charge in [0.2, 0.25) is 15.9 Å². The molecule has 0 unspecified atom stereocenters. The van der Waals surface area contributed by atoms with Gasteiger partial charge in [0, 0.05) is 24.7 Å². The number of benzene rings is 2. The Labute approximate surface area is 179 Å². The summed E-state index contributed by atoms with van der Waals surface area (Å²) in [5.41, 5.74) is 1.82.